The zero-order valence-electron chi connectivity index (χ0n) is 7.90. The lowest BCUT2D eigenvalue weighted by molar-refractivity contribution is 0.463. The van der Waals surface area contributed by atoms with Gasteiger partial charge in [-0.3, -0.25) is 0 Å². The number of hydrogen-bond donors (Lipinski definition) is 2. The van der Waals surface area contributed by atoms with Crippen molar-refractivity contribution in [3.8, 4) is 5.75 Å². The van der Waals surface area contributed by atoms with Crippen LogP contribution >= 0.6 is 0 Å². The zero-order valence-corrected chi connectivity index (χ0v) is 8.72. The van der Waals surface area contributed by atoms with Gasteiger partial charge >= 0.3 is 0 Å². The highest BCUT2D eigenvalue weighted by Gasteiger charge is 2.39. The summed E-state index contributed by atoms with van der Waals surface area (Å²) in [4.78, 5) is 0.250. The van der Waals surface area contributed by atoms with Crippen LogP contribution in [0.4, 0.5) is 0 Å². The van der Waals surface area contributed by atoms with E-state index in [4.69, 9.17) is 0 Å². The SMILES string of the molecule is CC1(C)NS(=O)(=O)c2ccc(O)cc21. The van der Waals surface area contributed by atoms with E-state index in [9.17, 15) is 13.5 Å². The third-order valence-corrected chi connectivity index (χ3v) is 4.03. The van der Waals surface area contributed by atoms with E-state index in [0.717, 1.165) is 0 Å². The summed E-state index contributed by atoms with van der Waals surface area (Å²) in [5, 5.41) is 9.28. The molecule has 5 heteroatoms. The van der Waals surface area contributed by atoms with Crippen molar-refractivity contribution in [2.75, 3.05) is 0 Å². The fourth-order valence-electron chi connectivity index (χ4n) is 1.69. The van der Waals surface area contributed by atoms with Crippen LogP contribution in [0, 0.1) is 0 Å². The Morgan fingerprint density at radius 1 is 1.36 bits per heavy atom. The molecular formula is C9H11NO3S. The number of hydrogen-bond acceptors (Lipinski definition) is 3. The van der Waals surface area contributed by atoms with Crippen molar-refractivity contribution in [3.05, 3.63) is 23.8 Å². The number of phenolic OH excluding ortho intramolecular Hbond substituents is 1. The van der Waals surface area contributed by atoms with Crippen molar-refractivity contribution in [3.63, 3.8) is 0 Å². The predicted octanol–water partition coefficient (Wildman–Crippen LogP) is 0.919. The first-order chi connectivity index (χ1) is 6.33. The molecule has 1 aliphatic rings. The third kappa shape index (κ3) is 1.20. The van der Waals surface area contributed by atoms with E-state index >= 15 is 0 Å². The molecule has 0 saturated carbocycles. The van der Waals surface area contributed by atoms with Crippen LogP contribution in [0.25, 0.3) is 0 Å². The highest BCUT2D eigenvalue weighted by molar-refractivity contribution is 7.89. The maximum Gasteiger partial charge on any atom is 0.241 e. The molecule has 0 radical (unpaired) electrons. The number of rotatable bonds is 0. The van der Waals surface area contributed by atoms with Gasteiger partial charge in [0.15, 0.2) is 0 Å². The monoisotopic (exact) mass is 213 g/mol. The van der Waals surface area contributed by atoms with E-state index in [1.165, 1.54) is 18.2 Å². The first kappa shape index (κ1) is 9.48. The number of aromatic hydroxyl groups is 1. The molecule has 1 aromatic carbocycles. The summed E-state index contributed by atoms with van der Waals surface area (Å²) in [6, 6.07) is 4.27. The van der Waals surface area contributed by atoms with E-state index in [2.05, 4.69) is 4.72 Å². The minimum atomic E-state index is -3.39. The lowest BCUT2D eigenvalue weighted by atomic mass is 9.96. The molecule has 0 aliphatic carbocycles. The van der Waals surface area contributed by atoms with E-state index in [1.807, 2.05) is 0 Å². The Balaban J connectivity index is 2.79. The Morgan fingerprint density at radius 2 is 2.00 bits per heavy atom. The molecule has 1 aromatic rings. The molecular weight excluding hydrogens is 202 g/mol. The van der Waals surface area contributed by atoms with Crippen molar-refractivity contribution in [2.45, 2.75) is 24.3 Å². The van der Waals surface area contributed by atoms with E-state index in [1.54, 1.807) is 13.8 Å². The van der Waals surface area contributed by atoms with Gasteiger partial charge in [-0.2, -0.15) is 0 Å². The minimum absolute atomic E-state index is 0.0794. The molecule has 2 N–H and O–H groups in total. The van der Waals surface area contributed by atoms with Gasteiger partial charge in [0.2, 0.25) is 10.0 Å². The number of phenols is 1. The molecule has 1 heterocycles. The summed E-state index contributed by atoms with van der Waals surface area (Å²) in [6.07, 6.45) is 0. The molecule has 14 heavy (non-hydrogen) atoms. The highest BCUT2D eigenvalue weighted by Crippen LogP contribution is 2.36. The molecule has 0 atom stereocenters. The number of nitrogens with one attached hydrogen (secondary N) is 1. The van der Waals surface area contributed by atoms with Crippen LogP contribution in [-0.2, 0) is 15.6 Å². The van der Waals surface area contributed by atoms with Crippen LogP contribution in [0.3, 0.4) is 0 Å². The van der Waals surface area contributed by atoms with Crippen LogP contribution in [0.5, 0.6) is 5.75 Å². The van der Waals surface area contributed by atoms with E-state index in [0.29, 0.717) is 5.56 Å². The molecule has 76 valence electrons. The summed E-state index contributed by atoms with van der Waals surface area (Å²) in [5.74, 6) is 0.0794. The van der Waals surface area contributed by atoms with Gasteiger partial charge in [-0.1, -0.05) is 0 Å². The summed E-state index contributed by atoms with van der Waals surface area (Å²) < 4.78 is 25.7. The summed E-state index contributed by atoms with van der Waals surface area (Å²) in [7, 11) is -3.39. The quantitative estimate of drug-likeness (QED) is 0.673. The van der Waals surface area contributed by atoms with Crippen molar-refractivity contribution >= 4 is 10.0 Å². The van der Waals surface area contributed by atoms with Crippen molar-refractivity contribution < 1.29 is 13.5 Å². The molecule has 1 aliphatic heterocycles. The van der Waals surface area contributed by atoms with Gasteiger partial charge in [-0.15, -0.1) is 0 Å². The van der Waals surface area contributed by atoms with Crippen LogP contribution in [0.1, 0.15) is 19.4 Å². The van der Waals surface area contributed by atoms with Crippen LogP contribution < -0.4 is 4.72 Å². The number of benzene rings is 1. The second kappa shape index (κ2) is 2.49. The number of fused-ring (bicyclic) bond motifs is 1. The second-order valence-corrected chi connectivity index (χ2v) is 5.56. The summed E-state index contributed by atoms with van der Waals surface area (Å²) >= 11 is 0. The van der Waals surface area contributed by atoms with Gasteiger partial charge in [-0.05, 0) is 37.6 Å². The topological polar surface area (TPSA) is 66.4 Å². The standard InChI is InChI=1S/C9H11NO3S/c1-9(2)7-5-6(11)3-4-8(7)14(12,13)10-9/h3-5,10-11H,1-2H3. The van der Waals surface area contributed by atoms with Gasteiger partial charge < -0.3 is 5.11 Å². The minimum Gasteiger partial charge on any atom is -0.508 e. The Hall–Kier alpha value is -1.07. The molecule has 0 spiro atoms. The first-order valence-electron chi connectivity index (χ1n) is 4.20. The molecule has 0 unspecified atom stereocenters. The third-order valence-electron chi connectivity index (χ3n) is 2.32. The average Bonchev–Trinajstić information content (AvgIpc) is 2.17. The van der Waals surface area contributed by atoms with Gasteiger partial charge in [-0.25, -0.2) is 13.1 Å². The van der Waals surface area contributed by atoms with Crippen molar-refractivity contribution in [1.29, 1.82) is 0 Å². The Bertz CT molecular complexity index is 491. The molecule has 4 nitrogen and oxygen atoms in total. The fraction of sp³-hybridized carbons (Fsp3) is 0.333. The second-order valence-electron chi connectivity index (χ2n) is 3.91. The molecule has 0 saturated heterocycles. The Labute approximate surface area is 82.6 Å². The zero-order chi connectivity index (χ0) is 10.6. The maximum atomic E-state index is 11.6. The highest BCUT2D eigenvalue weighted by atomic mass is 32.2. The van der Waals surface area contributed by atoms with E-state index < -0.39 is 15.6 Å². The smallest absolute Gasteiger partial charge is 0.241 e. The normalized spacial score (nSPS) is 21.9. The Kier molecular flexibility index (Phi) is 1.69. The van der Waals surface area contributed by atoms with Gasteiger partial charge in [0.1, 0.15) is 5.75 Å². The van der Waals surface area contributed by atoms with Gasteiger partial charge in [0.25, 0.3) is 0 Å². The molecule has 0 aromatic heterocycles. The average molecular weight is 213 g/mol. The van der Waals surface area contributed by atoms with Crippen molar-refractivity contribution in [2.24, 2.45) is 0 Å². The van der Waals surface area contributed by atoms with Crippen LogP contribution in [0.2, 0.25) is 0 Å². The first-order valence-corrected chi connectivity index (χ1v) is 5.69. The van der Waals surface area contributed by atoms with Crippen LogP contribution in [0.15, 0.2) is 23.1 Å². The predicted molar refractivity (Wildman–Crippen MR) is 51.5 cm³/mol. The number of sulfonamides is 1. The Morgan fingerprint density at radius 3 is 2.64 bits per heavy atom. The lowest BCUT2D eigenvalue weighted by Gasteiger charge is -2.17. The fourth-order valence-corrected chi connectivity index (χ4v) is 3.43. The molecule has 0 bridgehead atoms. The van der Waals surface area contributed by atoms with Gasteiger partial charge in [0.05, 0.1) is 10.4 Å². The van der Waals surface area contributed by atoms with Crippen molar-refractivity contribution in [1.82, 2.24) is 4.72 Å². The molecule has 0 amide bonds. The lowest BCUT2D eigenvalue weighted by Crippen LogP contribution is -2.32. The summed E-state index contributed by atoms with van der Waals surface area (Å²) in [5.41, 5.74) is -0.0371. The van der Waals surface area contributed by atoms with Crippen LogP contribution in [-0.4, -0.2) is 13.5 Å². The van der Waals surface area contributed by atoms with E-state index in [-0.39, 0.29) is 10.6 Å². The maximum absolute atomic E-state index is 11.6. The largest absolute Gasteiger partial charge is 0.508 e. The molecule has 2 rings (SSSR count). The molecule has 0 fully saturated rings. The van der Waals surface area contributed by atoms with Gasteiger partial charge in [0, 0.05) is 0 Å². The summed E-state index contributed by atoms with van der Waals surface area (Å²) in [6.45, 7) is 3.52.